The second-order valence-corrected chi connectivity index (χ2v) is 4.09. The van der Waals surface area contributed by atoms with Crippen LogP contribution in [0.3, 0.4) is 0 Å². The molecule has 0 spiro atoms. The van der Waals surface area contributed by atoms with E-state index in [4.69, 9.17) is 10.8 Å². The van der Waals surface area contributed by atoms with E-state index in [1.807, 2.05) is 6.92 Å². The molecule has 98 valence electrons. The number of anilines is 1. The van der Waals surface area contributed by atoms with Gasteiger partial charge in [-0.25, -0.2) is 4.79 Å². The minimum absolute atomic E-state index is 0.306. The predicted molar refractivity (Wildman–Crippen MR) is 69.3 cm³/mol. The number of hydrogen-bond acceptors (Lipinski definition) is 3. The van der Waals surface area contributed by atoms with E-state index in [0.717, 1.165) is 12.8 Å². The van der Waals surface area contributed by atoms with Gasteiger partial charge in [0.1, 0.15) is 6.04 Å². The Morgan fingerprint density at radius 3 is 2.61 bits per heavy atom. The molecule has 1 amide bonds. The van der Waals surface area contributed by atoms with Crippen molar-refractivity contribution in [3.63, 3.8) is 0 Å². The first-order valence-corrected chi connectivity index (χ1v) is 5.94. The summed E-state index contributed by atoms with van der Waals surface area (Å²) in [5, 5.41) is 11.5. The van der Waals surface area contributed by atoms with Gasteiger partial charge in [-0.15, -0.1) is 0 Å². The molecule has 5 heteroatoms. The monoisotopic (exact) mass is 250 g/mol. The molecule has 1 aromatic rings. The third-order valence-electron chi connectivity index (χ3n) is 2.66. The summed E-state index contributed by atoms with van der Waals surface area (Å²) in [5.74, 6) is -1.47. The van der Waals surface area contributed by atoms with Gasteiger partial charge in [-0.3, -0.25) is 4.79 Å². The molecule has 1 rings (SSSR count). The topological polar surface area (TPSA) is 92.4 Å². The molecule has 1 aromatic carbocycles. The lowest BCUT2D eigenvalue weighted by molar-refractivity contribution is -0.139. The van der Waals surface area contributed by atoms with Crippen molar-refractivity contribution in [2.45, 2.75) is 32.2 Å². The molecule has 0 aliphatic heterocycles. The van der Waals surface area contributed by atoms with Crippen LogP contribution in [-0.4, -0.2) is 23.0 Å². The van der Waals surface area contributed by atoms with Gasteiger partial charge in [-0.1, -0.05) is 31.9 Å². The average molecular weight is 250 g/mol. The minimum atomic E-state index is -1.02. The van der Waals surface area contributed by atoms with Gasteiger partial charge < -0.3 is 16.2 Å². The lowest BCUT2D eigenvalue weighted by atomic mass is 10.1. The smallest absolute Gasteiger partial charge is 0.326 e. The van der Waals surface area contributed by atoms with Gasteiger partial charge >= 0.3 is 5.97 Å². The Kier molecular flexibility index (Phi) is 5.17. The van der Waals surface area contributed by atoms with Crippen LogP contribution in [0.15, 0.2) is 24.3 Å². The van der Waals surface area contributed by atoms with Crippen molar-refractivity contribution in [1.29, 1.82) is 0 Å². The van der Waals surface area contributed by atoms with Crippen molar-refractivity contribution in [2.24, 2.45) is 0 Å². The average Bonchev–Trinajstić information content (AvgIpc) is 2.34. The van der Waals surface area contributed by atoms with Crippen LogP contribution in [0, 0.1) is 0 Å². The number of aliphatic carboxylic acids is 1. The molecule has 0 saturated carbocycles. The lowest BCUT2D eigenvalue weighted by Gasteiger charge is -2.14. The van der Waals surface area contributed by atoms with Crippen LogP contribution in [0.2, 0.25) is 0 Å². The number of carboxylic acids is 1. The molecule has 18 heavy (non-hydrogen) atoms. The SMILES string of the molecule is CCCCC(NC(=O)c1ccccc1N)C(=O)O. The van der Waals surface area contributed by atoms with E-state index < -0.39 is 17.9 Å². The molecule has 0 aromatic heterocycles. The molecule has 0 radical (unpaired) electrons. The fourth-order valence-electron chi connectivity index (χ4n) is 1.61. The van der Waals surface area contributed by atoms with Gasteiger partial charge in [-0.05, 0) is 18.6 Å². The molecule has 0 bridgehead atoms. The van der Waals surface area contributed by atoms with E-state index in [9.17, 15) is 9.59 Å². The van der Waals surface area contributed by atoms with E-state index in [1.54, 1.807) is 24.3 Å². The van der Waals surface area contributed by atoms with Crippen molar-refractivity contribution in [3.8, 4) is 0 Å². The van der Waals surface area contributed by atoms with Gasteiger partial charge in [0, 0.05) is 5.69 Å². The highest BCUT2D eigenvalue weighted by Gasteiger charge is 2.20. The number of rotatable bonds is 6. The van der Waals surface area contributed by atoms with Gasteiger partial charge in [0.25, 0.3) is 5.91 Å². The molecule has 4 N–H and O–H groups in total. The van der Waals surface area contributed by atoms with Crippen LogP contribution in [-0.2, 0) is 4.79 Å². The van der Waals surface area contributed by atoms with Crippen molar-refractivity contribution < 1.29 is 14.7 Å². The highest BCUT2D eigenvalue weighted by molar-refractivity contribution is 6.00. The number of carbonyl (C=O) groups is 2. The van der Waals surface area contributed by atoms with E-state index in [2.05, 4.69) is 5.32 Å². The molecular formula is C13H18N2O3. The fraction of sp³-hybridized carbons (Fsp3) is 0.385. The summed E-state index contributed by atoms with van der Waals surface area (Å²) in [5.41, 5.74) is 6.31. The quantitative estimate of drug-likeness (QED) is 0.669. The molecular weight excluding hydrogens is 232 g/mol. The first-order valence-electron chi connectivity index (χ1n) is 5.94. The number of carboxylic acid groups (broad SMARTS) is 1. The van der Waals surface area contributed by atoms with Crippen LogP contribution >= 0.6 is 0 Å². The first kappa shape index (κ1) is 14.0. The summed E-state index contributed by atoms with van der Waals surface area (Å²) in [6, 6.07) is 5.72. The van der Waals surface area contributed by atoms with Gasteiger partial charge in [0.05, 0.1) is 5.56 Å². The summed E-state index contributed by atoms with van der Waals surface area (Å²) < 4.78 is 0. The zero-order chi connectivity index (χ0) is 13.5. The zero-order valence-corrected chi connectivity index (χ0v) is 10.3. The third-order valence-corrected chi connectivity index (χ3v) is 2.66. The van der Waals surface area contributed by atoms with Gasteiger partial charge in [0.2, 0.25) is 0 Å². The lowest BCUT2D eigenvalue weighted by Crippen LogP contribution is -2.40. The maximum atomic E-state index is 11.9. The molecule has 0 heterocycles. The summed E-state index contributed by atoms with van der Waals surface area (Å²) in [6.45, 7) is 1.97. The zero-order valence-electron chi connectivity index (χ0n) is 10.3. The predicted octanol–water partition coefficient (Wildman–Crippen LogP) is 1.64. The summed E-state index contributed by atoms with van der Waals surface area (Å²) in [7, 11) is 0. The Morgan fingerprint density at radius 2 is 2.06 bits per heavy atom. The normalized spacial score (nSPS) is 11.8. The van der Waals surface area contributed by atoms with E-state index in [1.165, 1.54) is 0 Å². The Hall–Kier alpha value is -2.04. The minimum Gasteiger partial charge on any atom is -0.480 e. The van der Waals surface area contributed by atoms with Crippen LogP contribution in [0.25, 0.3) is 0 Å². The number of nitrogens with two attached hydrogens (primary N) is 1. The second-order valence-electron chi connectivity index (χ2n) is 4.09. The number of unbranched alkanes of at least 4 members (excludes halogenated alkanes) is 1. The Balaban J connectivity index is 2.72. The highest BCUT2D eigenvalue weighted by Crippen LogP contribution is 2.11. The Morgan fingerprint density at radius 1 is 1.39 bits per heavy atom. The number of nitrogens with one attached hydrogen (secondary N) is 1. The van der Waals surface area contributed by atoms with Crippen LogP contribution in [0.4, 0.5) is 5.69 Å². The van der Waals surface area contributed by atoms with Crippen molar-refractivity contribution >= 4 is 17.6 Å². The summed E-state index contributed by atoms with van der Waals surface area (Å²) in [4.78, 5) is 22.9. The number of carbonyl (C=O) groups excluding carboxylic acids is 1. The largest absolute Gasteiger partial charge is 0.480 e. The van der Waals surface area contributed by atoms with E-state index in [0.29, 0.717) is 17.7 Å². The summed E-state index contributed by atoms with van der Waals surface area (Å²) in [6.07, 6.45) is 2.05. The Labute approximate surface area is 106 Å². The molecule has 0 saturated heterocycles. The first-order chi connectivity index (χ1) is 8.56. The van der Waals surface area contributed by atoms with Crippen molar-refractivity contribution in [2.75, 3.05) is 5.73 Å². The van der Waals surface area contributed by atoms with Gasteiger partial charge in [-0.2, -0.15) is 0 Å². The molecule has 1 unspecified atom stereocenters. The highest BCUT2D eigenvalue weighted by atomic mass is 16.4. The molecule has 1 atom stereocenters. The standard InChI is InChI=1S/C13H18N2O3/c1-2-3-8-11(13(17)18)15-12(16)9-6-4-5-7-10(9)14/h4-7,11H,2-3,8,14H2,1H3,(H,15,16)(H,17,18). The fourth-order valence-corrected chi connectivity index (χ4v) is 1.61. The number of nitrogen functional groups attached to an aromatic ring is 1. The van der Waals surface area contributed by atoms with Crippen LogP contribution < -0.4 is 11.1 Å². The third kappa shape index (κ3) is 3.76. The number of benzene rings is 1. The van der Waals surface area contributed by atoms with Crippen molar-refractivity contribution in [1.82, 2.24) is 5.32 Å². The van der Waals surface area contributed by atoms with Gasteiger partial charge in [0.15, 0.2) is 0 Å². The molecule has 0 fully saturated rings. The van der Waals surface area contributed by atoms with Crippen molar-refractivity contribution in [3.05, 3.63) is 29.8 Å². The Bertz CT molecular complexity index is 432. The maximum Gasteiger partial charge on any atom is 0.326 e. The number of hydrogen-bond donors (Lipinski definition) is 3. The van der Waals surface area contributed by atoms with Crippen LogP contribution in [0.1, 0.15) is 36.5 Å². The number of amides is 1. The molecule has 0 aliphatic carbocycles. The molecule has 5 nitrogen and oxygen atoms in total. The second kappa shape index (κ2) is 6.64. The molecule has 0 aliphatic rings. The summed E-state index contributed by atoms with van der Waals surface area (Å²) >= 11 is 0. The van der Waals surface area contributed by atoms with E-state index >= 15 is 0 Å². The maximum absolute atomic E-state index is 11.9. The van der Waals surface area contributed by atoms with Crippen LogP contribution in [0.5, 0.6) is 0 Å². The number of para-hydroxylation sites is 1. The van der Waals surface area contributed by atoms with E-state index in [-0.39, 0.29) is 0 Å².